The van der Waals surface area contributed by atoms with E-state index in [1.165, 1.54) is 5.56 Å². The molecule has 3 aromatic rings. The van der Waals surface area contributed by atoms with Crippen LogP contribution in [0.5, 0.6) is 0 Å². The summed E-state index contributed by atoms with van der Waals surface area (Å²) in [4.78, 5) is 31.0. The number of hydrogen-bond donors (Lipinski definition) is 0. The highest BCUT2D eigenvalue weighted by atomic mass is 16.2. The molecule has 1 aliphatic rings. The van der Waals surface area contributed by atoms with Crippen LogP contribution in [-0.4, -0.2) is 56.8 Å². The van der Waals surface area contributed by atoms with E-state index in [0.717, 1.165) is 74.5 Å². The van der Waals surface area contributed by atoms with Crippen LogP contribution in [0.1, 0.15) is 37.2 Å². The van der Waals surface area contributed by atoms with E-state index in [-0.39, 0.29) is 11.8 Å². The van der Waals surface area contributed by atoms with Crippen molar-refractivity contribution in [1.82, 2.24) is 24.8 Å². The fourth-order valence-electron chi connectivity index (χ4n) is 4.50. The predicted molar refractivity (Wildman–Crippen MR) is 130 cm³/mol. The molecule has 0 bridgehead atoms. The van der Waals surface area contributed by atoms with Crippen LogP contribution < -0.4 is 0 Å². The van der Waals surface area contributed by atoms with E-state index in [0.29, 0.717) is 0 Å². The summed E-state index contributed by atoms with van der Waals surface area (Å²) >= 11 is 0. The Kier molecular flexibility index (Phi) is 7.79. The molecule has 172 valence electrons. The van der Waals surface area contributed by atoms with Crippen LogP contribution >= 0.6 is 0 Å². The number of pyridine rings is 1. The second-order valence-electron chi connectivity index (χ2n) is 8.76. The first kappa shape index (κ1) is 23.1. The summed E-state index contributed by atoms with van der Waals surface area (Å²) in [7, 11) is 0. The fourth-order valence-corrected chi connectivity index (χ4v) is 4.50. The highest BCUT2D eigenvalue weighted by molar-refractivity contribution is 5.80. The largest absolute Gasteiger partial charge is 0.341 e. The summed E-state index contributed by atoms with van der Waals surface area (Å²) < 4.78 is 0. The summed E-state index contributed by atoms with van der Waals surface area (Å²) in [6, 6.07) is 12.5. The maximum absolute atomic E-state index is 13.4. The van der Waals surface area contributed by atoms with Crippen molar-refractivity contribution in [2.75, 3.05) is 26.2 Å². The maximum atomic E-state index is 13.4. The fraction of sp³-hybridized carbons (Fsp3) is 0.407. The molecule has 1 saturated heterocycles. The van der Waals surface area contributed by atoms with Gasteiger partial charge in [-0.05, 0) is 35.6 Å². The Labute approximate surface area is 196 Å². The van der Waals surface area contributed by atoms with Crippen molar-refractivity contribution in [3.8, 4) is 11.1 Å². The molecule has 0 aliphatic carbocycles. The number of rotatable bonds is 8. The lowest BCUT2D eigenvalue weighted by Crippen LogP contribution is -2.37. The molecule has 1 atom stereocenters. The van der Waals surface area contributed by atoms with E-state index in [2.05, 4.69) is 64.0 Å². The molecule has 1 aliphatic heterocycles. The molecule has 1 fully saturated rings. The average molecular weight is 444 g/mol. The van der Waals surface area contributed by atoms with Crippen molar-refractivity contribution in [1.29, 1.82) is 0 Å². The molecule has 2 aromatic heterocycles. The molecular weight excluding hydrogens is 410 g/mol. The standard InChI is InChI=1S/C27H33N5O/c1-3-11-32-13-12-31(19-22-16-29-26(4-2)30-17-22)20-25(27(32)33)15-21-7-5-8-23(14-21)24-9-6-10-28-18-24/h5-10,14,16-18,25H,3-4,11-13,15,19-20H2,1-2H3. The molecule has 1 unspecified atom stereocenters. The van der Waals surface area contributed by atoms with Crippen molar-refractivity contribution in [2.45, 2.75) is 39.7 Å². The maximum Gasteiger partial charge on any atom is 0.227 e. The van der Waals surface area contributed by atoms with Gasteiger partial charge < -0.3 is 4.90 Å². The molecule has 6 nitrogen and oxygen atoms in total. The normalized spacial score (nSPS) is 17.2. The Morgan fingerprint density at radius 2 is 1.79 bits per heavy atom. The number of amides is 1. The Morgan fingerprint density at radius 3 is 2.52 bits per heavy atom. The van der Waals surface area contributed by atoms with E-state index in [1.807, 2.05) is 29.6 Å². The zero-order valence-electron chi connectivity index (χ0n) is 19.7. The number of aryl methyl sites for hydroxylation is 1. The molecular formula is C27H33N5O. The number of hydrogen-bond acceptors (Lipinski definition) is 5. The summed E-state index contributed by atoms with van der Waals surface area (Å²) in [6.45, 7) is 8.16. The van der Waals surface area contributed by atoms with E-state index in [4.69, 9.17) is 0 Å². The highest BCUT2D eigenvalue weighted by Gasteiger charge is 2.30. The van der Waals surface area contributed by atoms with Crippen molar-refractivity contribution >= 4 is 5.91 Å². The average Bonchev–Trinajstić information content (AvgIpc) is 2.99. The number of carbonyl (C=O) groups excluding carboxylic acids is 1. The van der Waals surface area contributed by atoms with Gasteiger partial charge in [0.15, 0.2) is 0 Å². The second kappa shape index (κ2) is 11.1. The Bertz CT molecular complexity index is 1040. The second-order valence-corrected chi connectivity index (χ2v) is 8.76. The SMILES string of the molecule is CCCN1CCN(Cc2cnc(CC)nc2)CC(Cc2cccc(-c3cccnc3)c2)C1=O. The summed E-state index contributed by atoms with van der Waals surface area (Å²) in [6.07, 6.45) is 10.1. The molecule has 0 saturated carbocycles. The monoisotopic (exact) mass is 443 g/mol. The van der Waals surface area contributed by atoms with Crippen molar-refractivity contribution in [3.63, 3.8) is 0 Å². The van der Waals surface area contributed by atoms with Crippen LogP contribution in [0.15, 0.2) is 61.2 Å². The Balaban J connectivity index is 1.52. The molecule has 0 spiro atoms. The van der Waals surface area contributed by atoms with Crippen LogP contribution in [0.2, 0.25) is 0 Å². The van der Waals surface area contributed by atoms with Crippen LogP contribution in [0.4, 0.5) is 0 Å². The van der Waals surface area contributed by atoms with Gasteiger partial charge in [-0.15, -0.1) is 0 Å². The van der Waals surface area contributed by atoms with Crippen molar-refractivity contribution in [3.05, 3.63) is 78.1 Å². The minimum atomic E-state index is -0.0703. The summed E-state index contributed by atoms with van der Waals surface area (Å²) in [5, 5.41) is 0. The van der Waals surface area contributed by atoms with Crippen LogP contribution in [0.25, 0.3) is 11.1 Å². The molecule has 1 amide bonds. The molecule has 0 radical (unpaired) electrons. The first-order valence-electron chi connectivity index (χ1n) is 12.0. The number of benzene rings is 1. The van der Waals surface area contributed by atoms with Gasteiger partial charge in [-0.1, -0.05) is 44.2 Å². The molecule has 33 heavy (non-hydrogen) atoms. The predicted octanol–water partition coefficient (Wildman–Crippen LogP) is 4.01. The van der Waals surface area contributed by atoms with Gasteiger partial charge in [-0.2, -0.15) is 0 Å². The summed E-state index contributed by atoms with van der Waals surface area (Å²) in [5.74, 6) is 1.06. The smallest absolute Gasteiger partial charge is 0.227 e. The van der Waals surface area contributed by atoms with Crippen LogP contribution in [0, 0.1) is 5.92 Å². The quantitative estimate of drug-likeness (QED) is 0.526. The van der Waals surface area contributed by atoms with Gasteiger partial charge in [0.2, 0.25) is 5.91 Å². The lowest BCUT2D eigenvalue weighted by molar-refractivity contribution is -0.134. The zero-order valence-corrected chi connectivity index (χ0v) is 19.7. The lowest BCUT2D eigenvalue weighted by Gasteiger charge is -2.24. The van der Waals surface area contributed by atoms with Crippen LogP contribution in [0.3, 0.4) is 0 Å². The van der Waals surface area contributed by atoms with Gasteiger partial charge in [0, 0.05) is 69.5 Å². The number of aromatic nitrogens is 3. The van der Waals surface area contributed by atoms with Gasteiger partial charge >= 0.3 is 0 Å². The third kappa shape index (κ3) is 6.02. The molecule has 1 aromatic carbocycles. The number of carbonyl (C=O) groups is 1. The Morgan fingerprint density at radius 1 is 0.970 bits per heavy atom. The molecule has 4 rings (SSSR count). The number of nitrogens with zero attached hydrogens (tertiary/aromatic N) is 5. The zero-order chi connectivity index (χ0) is 23.0. The topological polar surface area (TPSA) is 62.2 Å². The molecule has 3 heterocycles. The van der Waals surface area contributed by atoms with E-state index < -0.39 is 0 Å². The first-order chi connectivity index (χ1) is 16.2. The highest BCUT2D eigenvalue weighted by Crippen LogP contribution is 2.23. The van der Waals surface area contributed by atoms with Crippen molar-refractivity contribution < 1.29 is 4.79 Å². The van der Waals surface area contributed by atoms with Gasteiger partial charge in [0.05, 0.1) is 5.92 Å². The minimum absolute atomic E-state index is 0.0703. The minimum Gasteiger partial charge on any atom is -0.341 e. The van der Waals surface area contributed by atoms with E-state index in [9.17, 15) is 4.79 Å². The van der Waals surface area contributed by atoms with Crippen LogP contribution in [-0.2, 0) is 24.2 Å². The first-order valence-corrected chi connectivity index (χ1v) is 12.0. The lowest BCUT2D eigenvalue weighted by atomic mass is 9.95. The van der Waals surface area contributed by atoms with Crippen molar-refractivity contribution in [2.24, 2.45) is 5.92 Å². The van der Waals surface area contributed by atoms with Gasteiger partial charge in [-0.25, -0.2) is 9.97 Å². The third-order valence-corrected chi connectivity index (χ3v) is 6.20. The van der Waals surface area contributed by atoms with E-state index in [1.54, 1.807) is 6.20 Å². The van der Waals surface area contributed by atoms with Gasteiger partial charge in [0.1, 0.15) is 5.82 Å². The molecule has 0 N–H and O–H groups in total. The molecule has 6 heteroatoms. The third-order valence-electron chi connectivity index (χ3n) is 6.20. The van der Waals surface area contributed by atoms with Gasteiger partial charge in [-0.3, -0.25) is 14.7 Å². The summed E-state index contributed by atoms with van der Waals surface area (Å²) in [5.41, 5.74) is 4.51. The van der Waals surface area contributed by atoms with E-state index >= 15 is 0 Å². The van der Waals surface area contributed by atoms with Gasteiger partial charge in [0.25, 0.3) is 0 Å². The Hall–Kier alpha value is -3.12.